The number of unbranched alkanes of at least 4 members (excludes halogenated alkanes) is 3. The molecule has 0 radical (unpaired) electrons. The Kier molecular flexibility index (Phi) is 15.2. The Labute approximate surface area is 135 Å². The van der Waals surface area contributed by atoms with Crippen LogP contribution in [-0.2, 0) is 9.59 Å². The van der Waals surface area contributed by atoms with Crippen LogP contribution in [0.5, 0.6) is 0 Å². The van der Waals surface area contributed by atoms with Crippen LogP contribution in [0.2, 0.25) is 0 Å². The normalized spacial score (nSPS) is 13.0. The molecule has 0 aliphatic heterocycles. The monoisotopic (exact) mass is 308 g/mol. The molecule has 0 spiro atoms. The van der Waals surface area contributed by atoms with Gasteiger partial charge >= 0.3 is 0 Å². The lowest BCUT2D eigenvalue weighted by molar-refractivity contribution is 0.369. The topological polar surface area (TPSA) is 58.9 Å². The Balaban J connectivity index is 3.68. The zero-order valence-corrected chi connectivity index (χ0v) is 14.4. The molecule has 0 rings (SSSR count). The zero-order valence-electron chi connectivity index (χ0n) is 14.4. The lowest BCUT2D eigenvalue weighted by atomic mass is 9.90. The van der Waals surface area contributed by atoms with Crippen molar-refractivity contribution >= 4 is 12.2 Å². The quantitative estimate of drug-likeness (QED) is 0.247. The van der Waals surface area contributed by atoms with Gasteiger partial charge in [0.2, 0.25) is 12.2 Å². The summed E-state index contributed by atoms with van der Waals surface area (Å²) >= 11 is 0. The van der Waals surface area contributed by atoms with Crippen molar-refractivity contribution < 1.29 is 9.59 Å². The largest absolute Gasteiger partial charge is 0.234 e. The van der Waals surface area contributed by atoms with Crippen molar-refractivity contribution in [1.29, 1.82) is 0 Å². The predicted molar refractivity (Wildman–Crippen MR) is 90.5 cm³/mol. The van der Waals surface area contributed by atoms with E-state index in [1.165, 1.54) is 44.9 Å². The summed E-state index contributed by atoms with van der Waals surface area (Å²) in [5.41, 5.74) is 0. The van der Waals surface area contributed by atoms with Crippen molar-refractivity contribution in [2.75, 3.05) is 13.1 Å². The van der Waals surface area contributed by atoms with Crippen LogP contribution in [0, 0.1) is 11.8 Å². The maximum Gasteiger partial charge on any atom is 0.234 e. The van der Waals surface area contributed by atoms with Crippen molar-refractivity contribution in [3.05, 3.63) is 0 Å². The number of carbonyl (C=O) groups excluding carboxylic acids is 2. The molecule has 22 heavy (non-hydrogen) atoms. The highest BCUT2D eigenvalue weighted by Crippen LogP contribution is 2.22. The van der Waals surface area contributed by atoms with Crippen LogP contribution in [0.25, 0.3) is 0 Å². The van der Waals surface area contributed by atoms with Gasteiger partial charge in [-0.3, -0.25) is 0 Å². The van der Waals surface area contributed by atoms with Crippen molar-refractivity contribution in [3.63, 3.8) is 0 Å². The molecule has 0 saturated heterocycles. The standard InChI is InChI=1S/C18H32N2O2/c1-3-17(10-7-5-6-8-13-19-15-21)11-9-12-18(4-2)14-20-16-22/h17-18H,3-14H2,1-2H3. The lowest BCUT2D eigenvalue weighted by Gasteiger charge is -2.16. The molecule has 0 aromatic heterocycles. The van der Waals surface area contributed by atoms with Gasteiger partial charge in [0.15, 0.2) is 0 Å². The maximum absolute atomic E-state index is 10.2. The fourth-order valence-electron chi connectivity index (χ4n) is 2.86. The third-order valence-corrected chi connectivity index (χ3v) is 4.49. The fourth-order valence-corrected chi connectivity index (χ4v) is 2.86. The number of hydrogen-bond donors (Lipinski definition) is 0. The van der Waals surface area contributed by atoms with Crippen LogP contribution in [0.4, 0.5) is 0 Å². The summed E-state index contributed by atoms with van der Waals surface area (Å²) in [7, 11) is 0. The molecule has 0 fully saturated rings. The van der Waals surface area contributed by atoms with E-state index in [1.54, 1.807) is 12.2 Å². The zero-order chi connectivity index (χ0) is 16.5. The van der Waals surface area contributed by atoms with Crippen LogP contribution < -0.4 is 0 Å². The van der Waals surface area contributed by atoms with Crippen LogP contribution in [0.3, 0.4) is 0 Å². The van der Waals surface area contributed by atoms with Crippen LogP contribution in [0.1, 0.15) is 78.1 Å². The highest BCUT2D eigenvalue weighted by molar-refractivity contribution is 5.32. The minimum atomic E-state index is 0.539. The Hall–Kier alpha value is -1.24. The molecule has 0 amide bonds. The smallest absolute Gasteiger partial charge is 0.211 e. The van der Waals surface area contributed by atoms with Gasteiger partial charge in [-0.15, -0.1) is 0 Å². The minimum Gasteiger partial charge on any atom is -0.211 e. The summed E-state index contributed by atoms with van der Waals surface area (Å²) in [6, 6.07) is 0. The Morgan fingerprint density at radius 3 is 1.95 bits per heavy atom. The lowest BCUT2D eigenvalue weighted by Crippen LogP contribution is -2.05. The molecule has 0 saturated carbocycles. The second kappa shape index (κ2) is 16.1. The predicted octanol–water partition coefficient (Wildman–Crippen LogP) is 4.83. The van der Waals surface area contributed by atoms with E-state index < -0.39 is 0 Å². The molecule has 2 unspecified atom stereocenters. The van der Waals surface area contributed by atoms with Gasteiger partial charge in [-0.2, -0.15) is 0 Å². The molecule has 126 valence electrons. The average Bonchev–Trinajstić information content (AvgIpc) is 2.55. The van der Waals surface area contributed by atoms with E-state index in [4.69, 9.17) is 0 Å². The first kappa shape index (κ1) is 20.8. The third kappa shape index (κ3) is 12.5. The first-order chi connectivity index (χ1) is 10.8. The molecular weight excluding hydrogens is 276 g/mol. The molecule has 4 nitrogen and oxygen atoms in total. The van der Waals surface area contributed by atoms with Gasteiger partial charge in [0, 0.05) is 0 Å². The van der Waals surface area contributed by atoms with Gasteiger partial charge in [0.05, 0.1) is 13.1 Å². The molecule has 0 aromatic carbocycles. The summed E-state index contributed by atoms with van der Waals surface area (Å²) in [6.45, 7) is 5.71. The third-order valence-electron chi connectivity index (χ3n) is 4.49. The fraction of sp³-hybridized carbons (Fsp3) is 0.889. The minimum absolute atomic E-state index is 0.539. The summed E-state index contributed by atoms with van der Waals surface area (Å²) in [6.07, 6.45) is 15.2. The molecule has 0 heterocycles. The van der Waals surface area contributed by atoms with Crippen molar-refractivity contribution in [2.24, 2.45) is 21.8 Å². The van der Waals surface area contributed by atoms with Crippen LogP contribution in [0.15, 0.2) is 9.98 Å². The Morgan fingerprint density at radius 1 is 0.727 bits per heavy atom. The van der Waals surface area contributed by atoms with E-state index in [2.05, 4.69) is 23.8 Å². The first-order valence-corrected chi connectivity index (χ1v) is 8.85. The number of aliphatic imine (C=N–C) groups is 2. The number of rotatable bonds is 15. The summed E-state index contributed by atoms with van der Waals surface area (Å²) in [5, 5.41) is 0. The van der Waals surface area contributed by atoms with E-state index in [1.807, 2.05) is 0 Å². The maximum atomic E-state index is 10.2. The van der Waals surface area contributed by atoms with Gasteiger partial charge in [0.25, 0.3) is 0 Å². The SMILES string of the molecule is CCC(CCCCCCN=C=O)CCCC(CC)CN=C=O. The molecular formula is C18H32N2O2. The van der Waals surface area contributed by atoms with Gasteiger partial charge in [0.1, 0.15) is 0 Å². The van der Waals surface area contributed by atoms with E-state index in [0.29, 0.717) is 19.0 Å². The van der Waals surface area contributed by atoms with Crippen LogP contribution in [-0.4, -0.2) is 25.2 Å². The number of hydrogen-bond acceptors (Lipinski definition) is 4. The number of nitrogens with zero attached hydrogens (tertiary/aromatic N) is 2. The first-order valence-electron chi connectivity index (χ1n) is 8.85. The second-order valence-corrected chi connectivity index (χ2v) is 6.09. The summed E-state index contributed by atoms with van der Waals surface area (Å²) < 4.78 is 0. The van der Waals surface area contributed by atoms with Gasteiger partial charge in [-0.25, -0.2) is 19.6 Å². The van der Waals surface area contributed by atoms with Crippen molar-refractivity contribution in [1.82, 2.24) is 0 Å². The average molecular weight is 308 g/mol. The van der Waals surface area contributed by atoms with E-state index in [9.17, 15) is 9.59 Å². The Morgan fingerprint density at radius 2 is 1.32 bits per heavy atom. The van der Waals surface area contributed by atoms with E-state index >= 15 is 0 Å². The van der Waals surface area contributed by atoms with Crippen LogP contribution >= 0.6 is 0 Å². The van der Waals surface area contributed by atoms with Gasteiger partial charge in [-0.05, 0) is 24.7 Å². The molecule has 0 bridgehead atoms. The van der Waals surface area contributed by atoms with Crippen molar-refractivity contribution in [2.45, 2.75) is 78.1 Å². The highest BCUT2D eigenvalue weighted by atomic mass is 16.1. The molecule has 2 atom stereocenters. The molecule has 0 N–H and O–H groups in total. The number of isocyanates is 2. The molecule has 4 heteroatoms. The Bertz CT molecular complexity index is 345. The van der Waals surface area contributed by atoms with Gasteiger partial charge in [-0.1, -0.05) is 65.2 Å². The molecule has 0 aliphatic carbocycles. The van der Waals surface area contributed by atoms with Crippen molar-refractivity contribution in [3.8, 4) is 0 Å². The second-order valence-electron chi connectivity index (χ2n) is 6.09. The van der Waals surface area contributed by atoms with Gasteiger partial charge < -0.3 is 0 Å². The summed E-state index contributed by atoms with van der Waals surface area (Å²) in [5.74, 6) is 1.36. The van der Waals surface area contributed by atoms with E-state index in [-0.39, 0.29) is 0 Å². The van der Waals surface area contributed by atoms with E-state index in [0.717, 1.165) is 25.2 Å². The molecule has 0 aliphatic rings. The highest BCUT2D eigenvalue weighted by Gasteiger charge is 2.09. The summed E-state index contributed by atoms with van der Waals surface area (Å²) in [4.78, 5) is 27.4. The molecule has 0 aromatic rings.